The predicted molar refractivity (Wildman–Crippen MR) is 76.7 cm³/mol. The van der Waals surface area contributed by atoms with Crippen LogP contribution in [0.3, 0.4) is 0 Å². The van der Waals surface area contributed by atoms with Crippen molar-refractivity contribution < 1.29 is 5.11 Å². The van der Waals surface area contributed by atoms with Crippen molar-refractivity contribution in [1.29, 1.82) is 0 Å². The Kier molecular flexibility index (Phi) is 4.93. The van der Waals surface area contributed by atoms with Crippen LogP contribution in [0.1, 0.15) is 12.6 Å². The molecule has 1 saturated heterocycles. The second-order valence-corrected chi connectivity index (χ2v) is 4.77. The second kappa shape index (κ2) is 6.68. The Balaban J connectivity index is 2.02. The average Bonchev–Trinajstić information content (AvgIpc) is 2.40. The van der Waals surface area contributed by atoms with Crippen molar-refractivity contribution in [2.75, 3.05) is 56.1 Å². The highest BCUT2D eigenvalue weighted by Crippen LogP contribution is 2.16. The molecule has 0 aromatic carbocycles. The molecule has 0 saturated carbocycles. The molecular weight excluding hydrogens is 242 g/mol. The van der Waals surface area contributed by atoms with E-state index in [1.807, 2.05) is 19.9 Å². The third-order valence-corrected chi connectivity index (χ3v) is 3.29. The number of hydrogen-bond acceptors (Lipinski definition) is 6. The fraction of sp³-hybridized carbons (Fsp3) is 0.692. The topological polar surface area (TPSA) is 64.5 Å². The Bertz CT molecular complexity index is 404. The lowest BCUT2D eigenvalue weighted by molar-refractivity contribution is 0.188. The van der Waals surface area contributed by atoms with E-state index in [1.165, 1.54) is 0 Å². The monoisotopic (exact) mass is 265 g/mol. The molecule has 2 rings (SSSR count). The van der Waals surface area contributed by atoms with Crippen molar-refractivity contribution in [3.05, 3.63) is 11.8 Å². The summed E-state index contributed by atoms with van der Waals surface area (Å²) in [6.45, 7) is 9.70. The Morgan fingerprint density at radius 1 is 1.26 bits per heavy atom. The van der Waals surface area contributed by atoms with Gasteiger partial charge in [-0.05, 0) is 13.8 Å². The molecule has 0 spiro atoms. The van der Waals surface area contributed by atoms with Gasteiger partial charge >= 0.3 is 0 Å². The molecule has 0 aliphatic carbocycles. The van der Waals surface area contributed by atoms with Crippen LogP contribution in [0.4, 0.5) is 11.8 Å². The van der Waals surface area contributed by atoms with Gasteiger partial charge in [0.15, 0.2) is 0 Å². The molecule has 1 aromatic rings. The Morgan fingerprint density at radius 3 is 2.63 bits per heavy atom. The first-order chi connectivity index (χ1) is 9.22. The van der Waals surface area contributed by atoms with Gasteiger partial charge in [-0.25, -0.2) is 4.98 Å². The van der Waals surface area contributed by atoms with Crippen LogP contribution in [0.15, 0.2) is 6.07 Å². The Morgan fingerprint density at radius 2 is 2.00 bits per heavy atom. The number of aliphatic hydroxyl groups excluding tert-OH is 1. The van der Waals surface area contributed by atoms with Crippen LogP contribution in [0.5, 0.6) is 0 Å². The van der Waals surface area contributed by atoms with E-state index in [9.17, 15) is 0 Å². The highest BCUT2D eigenvalue weighted by Gasteiger charge is 2.18. The lowest BCUT2D eigenvalue weighted by Crippen LogP contribution is -2.47. The molecule has 19 heavy (non-hydrogen) atoms. The minimum atomic E-state index is 0.233. The number of nitrogens with one attached hydrogen (secondary N) is 1. The summed E-state index contributed by atoms with van der Waals surface area (Å²) in [5.74, 6) is 1.70. The van der Waals surface area contributed by atoms with E-state index in [0.29, 0.717) is 5.95 Å². The summed E-state index contributed by atoms with van der Waals surface area (Å²) in [5, 5.41) is 12.1. The van der Waals surface area contributed by atoms with Gasteiger partial charge in [-0.15, -0.1) is 0 Å². The molecule has 2 N–H and O–H groups in total. The van der Waals surface area contributed by atoms with E-state index in [2.05, 4.69) is 25.1 Å². The maximum atomic E-state index is 8.95. The maximum Gasteiger partial charge on any atom is 0.224 e. The van der Waals surface area contributed by atoms with Crippen LogP contribution < -0.4 is 10.2 Å². The predicted octanol–water partition coefficient (Wildman–Crippen LogP) is 0.331. The van der Waals surface area contributed by atoms with E-state index >= 15 is 0 Å². The molecule has 0 bridgehead atoms. The third-order valence-electron chi connectivity index (χ3n) is 3.29. The van der Waals surface area contributed by atoms with Crippen LogP contribution in [0.25, 0.3) is 0 Å². The summed E-state index contributed by atoms with van der Waals surface area (Å²) >= 11 is 0. The van der Waals surface area contributed by atoms with Crippen molar-refractivity contribution in [3.63, 3.8) is 0 Å². The number of aromatic nitrogens is 2. The van der Waals surface area contributed by atoms with E-state index < -0.39 is 0 Å². The minimum absolute atomic E-state index is 0.233. The number of hydrogen-bond donors (Lipinski definition) is 2. The first-order valence-electron chi connectivity index (χ1n) is 6.90. The van der Waals surface area contributed by atoms with Crippen molar-refractivity contribution in [3.8, 4) is 0 Å². The van der Waals surface area contributed by atoms with E-state index in [1.54, 1.807) is 0 Å². The zero-order valence-corrected chi connectivity index (χ0v) is 11.8. The smallest absolute Gasteiger partial charge is 0.224 e. The van der Waals surface area contributed by atoms with E-state index in [0.717, 1.165) is 50.8 Å². The molecule has 0 unspecified atom stereocenters. The summed E-state index contributed by atoms with van der Waals surface area (Å²) in [5.41, 5.74) is 0.985. The first kappa shape index (κ1) is 14.0. The van der Waals surface area contributed by atoms with Gasteiger partial charge in [0.2, 0.25) is 5.95 Å². The molecule has 1 aliphatic rings. The van der Waals surface area contributed by atoms with Gasteiger partial charge in [0.1, 0.15) is 5.82 Å². The van der Waals surface area contributed by atoms with Gasteiger partial charge in [0, 0.05) is 51.0 Å². The standard InChI is InChI=1S/C13H23N5O/c1-3-14-13-15-11(2)10-12(16-13)18-6-4-17(5-7-18)8-9-19/h10,19H,3-9H2,1-2H3,(H,14,15,16). The summed E-state index contributed by atoms with van der Waals surface area (Å²) in [4.78, 5) is 13.5. The number of aliphatic hydroxyl groups is 1. The molecule has 6 nitrogen and oxygen atoms in total. The van der Waals surface area contributed by atoms with Gasteiger partial charge in [0.05, 0.1) is 6.61 Å². The molecule has 0 atom stereocenters. The third kappa shape index (κ3) is 3.78. The van der Waals surface area contributed by atoms with Crippen molar-refractivity contribution in [2.45, 2.75) is 13.8 Å². The summed E-state index contributed by atoms with van der Waals surface area (Å²) in [6.07, 6.45) is 0. The normalized spacial score (nSPS) is 16.7. The van der Waals surface area contributed by atoms with E-state index in [4.69, 9.17) is 5.11 Å². The highest BCUT2D eigenvalue weighted by atomic mass is 16.3. The molecule has 1 fully saturated rings. The zero-order chi connectivity index (χ0) is 13.7. The first-order valence-corrected chi connectivity index (χ1v) is 6.90. The highest BCUT2D eigenvalue weighted by molar-refractivity contribution is 5.45. The van der Waals surface area contributed by atoms with Gasteiger partial charge in [-0.1, -0.05) is 0 Å². The molecule has 6 heteroatoms. The minimum Gasteiger partial charge on any atom is -0.395 e. The van der Waals surface area contributed by atoms with Gasteiger partial charge in [-0.2, -0.15) is 4.98 Å². The quantitative estimate of drug-likeness (QED) is 0.800. The average molecular weight is 265 g/mol. The number of rotatable bonds is 5. The van der Waals surface area contributed by atoms with Crippen molar-refractivity contribution in [2.24, 2.45) is 0 Å². The Labute approximate surface area is 114 Å². The number of β-amino-alcohol motifs (C(OH)–C–C–N with tert-alkyl or cyclic N) is 1. The SMILES string of the molecule is CCNc1nc(C)cc(N2CCN(CCO)CC2)n1. The fourth-order valence-electron chi connectivity index (χ4n) is 2.29. The summed E-state index contributed by atoms with van der Waals surface area (Å²) in [6, 6.07) is 2.03. The molecule has 1 aromatic heterocycles. The maximum absolute atomic E-state index is 8.95. The molecule has 0 radical (unpaired) electrons. The lowest BCUT2D eigenvalue weighted by Gasteiger charge is -2.35. The Hall–Kier alpha value is -1.40. The number of anilines is 2. The second-order valence-electron chi connectivity index (χ2n) is 4.77. The van der Waals surface area contributed by atoms with Crippen LogP contribution >= 0.6 is 0 Å². The van der Waals surface area contributed by atoms with Crippen LogP contribution in [0.2, 0.25) is 0 Å². The summed E-state index contributed by atoms with van der Waals surface area (Å²) < 4.78 is 0. The van der Waals surface area contributed by atoms with Gasteiger partial charge in [-0.3, -0.25) is 4.90 Å². The van der Waals surface area contributed by atoms with Crippen LogP contribution in [0, 0.1) is 6.92 Å². The molecule has 0 amide bonds. The largest absolute Gasteiger partial charge is 0.395 e. The van der Waals surface area contributed by atoms with Crippen molar-refractivity contribution >= 4 is 11.8 Å². The van der Waals surface area contributed by atoms with Gasteiger partial charge < -0.3 is 15.3 Å². The number of piperazine rings is 1. The van der Waals surface area contributed by atoms with Crippen molar-refractivity contribution in [1.82, 2.24) is 14.9 Å². The number of aryl methyl sites for hydroxylation is 1. The fourth-order valence-corrected chi connectivity index (χ4v) is 2.29. The van der Waals surface area contributed by atoms with Gasteiger partial charge in [0.25, 0.3) is 0 Å². The molecule has 1 aliphatic heterocycles. The molecule has 2 heterocycles. The molecular formula is C13H23N5O. The molecule has 106 valence electrons. The number of nitrogens with zero attached hydrogens (tertiary/aromatic N) is 4. The lowest BCUT2D eigenvalue weighted by atomic mass is 10.3. The zero-order valence-electron chi connectivity index (χ0n) is 11.8. The summed E-state index contributed by atoms with van der Waals surface area (Å²) in [7, 11) is 0. The van der Waals surface area contributed by atoms with E-state index in [-0.39, 0.29) is 6.61 Å². The van der Waals surface area contributed by atoms with Crippen LogP contribution in [-0.2, 0) is 0 Å². The van der Waals surface area contributed by atoms with Crippen LogP contribution in [-0.4, -0.2) is 65.8 Å².